The van der Waals surface area contributed by atoms with Gasteiger partial charge >= 0.3 is 481 Å². The van der Waals surface area contributed by atoms with Crippen molar-refractivity contribution in [1.82, 2.24) is 0 Å². The van der Waals surface area contributed by atoms with E-state index in [1.54, 1.807) is 107 Å². The normalized spacial score (nSPS) is 12.1. The van der Waals surface area contributed by atoms with Crippen LogP contribution in [0.15, 0.2) is 194 Å². The summed E-state index contributed by atoms with van der Waals surface area (Å²) >= 11 is -5.00. The number of hydrogen-bond acceptors (Lipinski definition) is 12. The molecule has 0 amide bonds. The summed E-state index contributed by atoms with van der Waals surface area (Å²) < 4.78 is 50.8. The molecule has 81 heavy (non-hydrogen) atoms. The van der Waals surface area contributed by atoms with Gasteiger partial charge in [-0.2, -0.15) is 0 Å². The predicted octanol–water partition coefficient (Wildman–Crippen LogP) is 15.0. The molecule has 0 aromatic heterocycles. The van der Waals surface area contributed by atoms with Gasteiger partial charge in [-0.25, -0.2) is 0 Å². The van der Waals surface area contributed by atoms with Crippen LogP contribution in [-0.4, -0.2) is 65.2 Å². The van der Waals surface area contributed by atoms with Crippen LogP contribution in [0.1, 0.15) is 83.1 Å². The molecule has 0 fully saturated rings. The quantitative estimate of drug-likeness (QED) is 0.0497. The maximum absolute atomic E-state index is 13.7. The molecule has 8 aromatic carbocycles. The summed E-state index contributed by atoms with van der Waals surface area (Å²) in [6.45, 7) is 21.2. The first-order chi connectivity index (χ1) is 38.2. The molecule has 8 rings (SSSR count). The van der Waals surface area contributed by atoms with Gasteiger partial charge in [0.25, 0.3) is 0 Å². The topological polar surface area (TPSA) is 142 Å². The number of carbonyl (C=O) groups excluding carboxylic acids is 4. The number of benzene rings is 8. The molecule has 0 saturated carbocycles. The Morgan fingerprint density at radius 3 is 0.630 bits per heavy atom. The minimum atomic E-state index is -5.00. The molecule has 0 bridgehead atoms. The van der Waals surface area contributed by atoms with Crippen LogP contribution in [0.2, 0.25) is 0 Å². The van der Waals surface area contributed by atoms with Gasteiger partial charge in [0.2, 0.25) is 0 Å². The summed E-state index contributed by atoms with van der Waals surface area (Å²) in [5.74, 6) is 0.997. The van der Waals surface area contributed by atoms with Crippen LogP contribution in [-0.2, 0) is 18.9 Å². The van der Waals surface area contributed by atoms with Crippen LogP contribution in [0.5, 0.6) is 23.0 Å². The van der Waals surface area contributed by atoms with Crippen LogP contribution in [0.25, 0.3) is 44.5 Å². The second-order valence-corrected chi connectivity index (χ2v) is 31.9. The molecule has 0 aliphatic rings. The van der Waals surface area contributed by atoms with Gasteiger partial charge in [-0.15, -0.1) is 0 Å². The second-order valence-electron chi connectivity index (χ2n) is 23.0. The maximum atomic E-state index is 13.7. The standard InChI is InChI=1S/C68H68O12Te/c1-65(2,3)77-61(69)73-57-37-33-49(41-53(57)45-25-17-13-18-26-45)81(50-34-38-58(74-62(70)78-66(4,5)6)54(42-50)46-27-19-14-20-28-46,51-35-39-59(75-63(71)79-67(7,8)9)55(43-51)47-29-21-15-22-30-47)52-36-40-60(76-64(72)80-68(10,11)12)56(44-52)48-31-23-16-24-32-48/h13-44H,1-12H3. The average Bonchev–Trinajstić information content (AvgIpc) is 3.54. The third-order valence-corrected chi connectivity index (χ3v) is 22.9. The van der Waals surface area contributed by atoms with Crippen molar-refractivity contribution in [3.63, 3.8) is 0 Å². The monoisotopic (exact) mass is 1210 g/mol. The third kappa shape index (κ3) is 15.1. The molecule has 0 aliphatic carbocycles. The fourth-order valence-corrected chi connectivity index (χ4v) is 19.9. The van der Waals surface area contributed by atoms with E-state index < -0.39 is 65.2 Å². The van der Waals surface area contributed by atoms with E-state index in [9.17, 15) is 19.2 Å². The van der Waals surface area contributed by atoms with Crippen molar-refractivity contribution in [3.05, 3.63) is 194 Å². The van der Waals surface area contributed by atoms with Crippen molar-refractivity contribution in [2.75, 3.05) is 0 Å². The Bertz CT molecular complexity index is 3060. The van der Waals surface area contributed by atoms with E-state index in [2.05, 4.69) is 24.3 Å². The Kier molecular flexibility index (Phi) is 17.5. The van der Waals surface area contributed by atoms with Crippen molar-refractivity contribution in [1.29, 1.82) is 0 Å². The Hall–Kier alpha value is -8.37. The zero-order valence-corrected chi connectivity index (χ0v) is 50.1. The zero-order valence-electron chi connectivity index (χ0n) is 47.8. The van der Waals surface area contributed by atoms with Crippen LogP contribution >= 0.6 is 0 Å². The first-order valence-corrected chi connectivity index (χ1v) is 31.2. The molecule has 0 aliphatic heterocycles. The van der Waals surface area contributed by atoms with Gasteiger partial charge in [-0.3, -0.25) is 0 Å². The first-order valence-electron chi connectivity index (χ1n) is 26.5. The Morgan fingerprint density at radius 2 is 0.457 bits per heavy atom. The molecule has 418 valence electrons. The molecule has 0 unspecified atom stereocenters. The van der Waals surface area contributed by atoms with Gasteiger partial charge in [-0.1, -0.05) is 0 Å². The van der Waals surface area contributed by atoms with E-state index in [-0.39, 0.29) is 23.0 Å². The van der Waals surface area contributed by atoms with Crippen molar-refractivity contribution in [2.24, 2.45) is 0 Å². The van der Waals surface area contributed by atoms with E-state index in [0.717, 1.165) is 36.7 Å². The predicted molar refractivity (Wildman–Crippen MR) is 319 cm³/mol. The van der Waals surface area contributed by atoms with E-state index in [1.165, 1.54) is 0 Å². The average molecular weight is 1200 g/mol. The number of carbonyl (C=O) groups is 4. The van der Waals surface area contributed by atoms with Crippen molar-refractivity contribution >= 4 is 57.2 Å². The van der Waals surface area contributed by atoms with Gasteiger partial charge in [0.05, 0.1) is 0 Å². The van der Waals surface area contributed by atoms with Crippen LogP contribution in [0.3, 0.4) is 0 Å². The molecular weight excluding hydrogens is 1140 g/mol. The SMILES string of the molecule is CC(C)(C)OC(=O)Oc1ccc([Te](c2ccc(OC(=O)OC(C)(C)C)c(-c3ccccc3)c2)(c2ccc(OC(=O)OC(C)(C)C)c(-c3ccccc3)c2)c2ccc(OC(=O)OC(C)(C)C)c(-c3ccccc3)c2)cc1-c1ccccc1. The van der Waals surface area contributed by atoms with Crippen molar-refractivity contribution in [2.45, 2.75) is 105 Å². The molecule has 0 saturated heterocycles. The molecule has 0 radical (unpaired) electrons. The summed E-state index contributed by atoms with van der Waals surface area (Å²) in [6, 6.07) is 61.8. The first kappa shape index (κ1) is 58.8. The van der Waals surface area contributed by atoms with E-state index in [1.807, 2.05) is 146 Å². The third-order valence-electron chi connectivity index (χ3n) is 11.9. The number of rotatable bonds is 12. The number of hydrogen-bond donors (Lipinski definition) is 0. The molecule has 12 nitrogen and oxygen atoms in total. The van der Waals surface area contributed by atoms with Crippen LogP contribution in [0, 0.1) is 0 Å². The summed E-state index contributed by atoms with van der Waals surface area (Å²) in [4.78, 5) is 54.6. The summed E-state index contributed by atoms with van der Waals surface area (Å²) in [5.41, 5.74) is 1.94. The van der Waals surface area contributed by atoms with Crippen molar-refractivity contribution in [3.8, 4) is 67.5 Å². The summed E-state index contributed by atoms with van der Waals surface area (Å²) in [6.07, 6.45) is -3.52. The van der Waals surface area contributed by atoms with Gasteiger partial charge in [-0.05, 0) is 0 Å². The van der Waals surface area contributed by atoms with E-state index in [4.69, 9.17) is 37.9 Å². The fraction of sp³-hybridized carbons (Fsp3) is 0.235. The molecule has 0 spiro atoms. The molecule has 13 heteroatoms. The van der Waals surface area contributed by atoms with Crippen LogP contribution in [0.4, 0.5) is 19.2 Å². The van der Waals surface area contributed by atoms with Crippen LogP contribution < -0.4 is 33.4 Å². The summed E-state index contributed by atoms with van der Waals surface area (Å²) in [7, 11) is 0. The molecule has 8 aromatic rings. The zero-order chi connectivity index (χ0) is 58.3. The molecule has 0 atom stereocenters. The Balaban J connectivity index is 1.55. The molecule has 0 N–H and O–H groups in total. The Labute approximate surface area is 478 Å². The van der Waals surface area contributed by atoms with Crippen molar-refractivity contribution < 1.29 is 57.1 Å². The van der Waals surface area contributed by atoms with Gasteiger partial charge in [0.15, 0.2) is 0 Å². The van der Waals surface area contributed by atoms with Gasteiger partial charge in [0, 0.05) is 0 Å². The fourth-order valence-electron chi connectivity index (χ4n) is 8.79. The summed E-state index contributed by atoms with van der Waals surface area (Å²) in [5, 5.41) is 0. The van der Waals surface area contributed by atoms with E-state index >= 15 is 0 Å². The molecular formula is C68H68O12Te. The van der Waals surface area contributed by atoms with Gasteiger partial charge < -0.3 is 0 Å². The number of ether oxygens (including phenoxy) is 8. The van der Waals surface area contributed by atoms with Gasteiger partial charge in [0.1, 0.15) is 0 Å². The Morgan fingerprint density at radius 1 is 0.272 bits per heavy atom. The molecule has 0 heterocycles. The van der Waals surface area contributed by atoms with E-state index in [0.29, 0.717) is 22.3 Å². The minimum absolute atomic E-state index is 0.249. The second kappa shape index (κ2) is 24.2.